The van der Waals surface area contributed by atoms with E-state index in [0.717, 1.165) is 0 Å². The van der Waals surface area contributed by atoms with Gasteiger partial charge in [-0.25, -0.2) is 0 Å². The Kier molecular flexibility index (Phi) is 7.61. The van der Waals surface area contributed by atoms with E-state index in [2.05, 4.69) is 0 Å². The summed E-state index contributed by atoms with van der Waals surface area (Å²) < 4.78 is 0. The van der Waals surface area contributed by atoms with E-state index < -0.39 is 36.4 Å². The van der Waals surface area contributed by atoms with Gasteiger partial charge < -0.3 is 30.0 Å². The minimum atomic E-state index is -2.91. The van der Waals surface area contributed by atoms with Gasteiger partial charge in [0.1, 0.15) is 5.60 Å². The van der Waals surface area contributed by atoms with Crippen molar-refractivity contribution in [3.63, 3.8) is 0 Å². The van der Waals surface area contributed by atoms with Crippen LogP contribution in [0.4, 0.5) is 0 Å². The van der Waals surface area contributed by atoms with Crippen molar-refractivity contribution in [1.82, 2.24) is 0 Å². The Morgan fingerprint density at radius 2 is 1.57 bits per heavy atom. The predicted molar refractivity (Wildman–Crippen MR) is 31.8 cm³/mol. The fraction of sp³-hybridized carbons (Fsp3) is 0.500. The third-order valence-electron chi connectivity index (χ3n) is 1.26. The van der Waals surface area contributed by atoms with Crippen LogP contribution in [0.1, 0.15) is 12.8 Å². The number of carboxylic acid groups (broad SMARTS) is 3. The molecule has 1 unspecified atom stereocenters. The molecule has 0 spiro atoms. The van der Waals surface area contributed by atoms with Crippen LogP contribution in [0, 0.1) is 0 Å². The van der Waals surface area contributed by atoms with Gasteiger partial charge in [0.2, 0.25) is 0 Å². The number of hydrogen-bond donors (Lipinski definition) is 2. The number of carboxylic acids is 3. The predicted octanol–water partition coefficient (Wildman–Crippen LogP) is -6.91. The second kappa shape index (κ2) is 6.48. The molecule has 0 amide bonds. The molecule has 0 fully saturated rings. The van der Waals surface area contributed by atoms with Crippen molar-refractivity contribution in [2.24, 2.45) is 0 Å². The first-order chi connectivity index (χ1) is 5.78. The average Bonchev–Trinajstić information content (AvgIpc) is 1.82. The Morgan fingerprint density at radius 1 is 1.14 bits per heavy atom. The first-order valence-electron chi connectivity index (χ1n) is 3.13. The zero-order valence-corrected chi connectivity index (χ0v) is 10.5. The van der Waals surface area contributed by atoms with E-state index in [1.165, 1.54) is 0 Å². The minimum Gasteiger partial charge on any atom is -0.550 e. The Hall–Kier alpha value is 0.00636. The summed E-state index contributed by atoms with van der Waals surface area (Å²) in [7, 11) is 0. The van der Waals surface area contributed by atoms with E-state index in [-0.39, 0.29) is 51.4 Å². The summed E-state index contributed by atoms with van der Waals surface area (Å²) in [6.07, 6.45) is -2.56. The largest absolute Gasteiger partial charge is 1.00 e. The topological polar surface area (TPSA) is 138 Å². The van der Waals surface area contributed by atoms with Gasteiger partial charge in [0.25, 0.3) is 0 Å². The molecule has 0 aliphatic rings. The van der Waals surface area contributed by atoms with Crippen molar-refractivity contribution < 1.29 is 86.2 Å². The number of rotatable bonds is 5. The molecule has 0 rings (SSSR count). The zero-order valence-electron chi connectivity index (χ0n) is 7.35. The first-order valence-corrected chi connectivity index (χ1v) is 3.13. The summed E-state index contributed by atoms with van der Waals surface area (Å²) in [5.41, 5.74) is -2.91. The smallest absolute Gasteiger partial charge is 0.550 e. The molecule has 0 heterocycles. The Balaban J connectivity index is 0. The van der Waals surface area contributed by atoms with Crippen LogP contribution in [-0.4, -0.2) is 33.7 Å². The summed E-state index contributed by atoms with van der Waals surface area (Å²) in [6, 6.07) is 0. The van der Waals surface area contributed by atoms with Crippen LogP contribution >= 0.6 is 0 Å². The van der Waals surface area contributed by atoms with Crippen molar-refractivity contribution in [3.8, 4) is 0 Å². The summed E-state index contributed by atoms with van der Waals surface area (Å²) in [5, 5.41) is 37.2. The third-order valence-corrected chi connectivity index (χ3v) is 1.26. The van der Waals surface area contributed by atoms with Gasteiger partial charge in [-0.2, -0.15) is 0 Å². The van der Waals surface area contributed by atoms with Crippen molar-refractivity contribution in [3.05, 3.63) is 0 Å². The molecule has 0 aromatic rings. The van der Waals surface area contributed by atoms with Gasteiger partial charge in [-0.3, -0.25) is 4.79 Å². The molecule has 74 valence electrons. The van der Waals surface area contributed by atoms with E-state index >= 15 is 0 Å². The molecule has 0 saturated carbocycles. The number of hydrogen-bond acceptors (Lipinski definition) is 6. The normalized spacial score (nSPS) is 13.5. The Bertz CT molecular complexity index is 233. The maximum atomic E-state index is 10.2. The number of aliphatic carboxylic acids is 3. The van der Waals surface area contributed by atoms with Crippen LogP contribution in [0.15, 0.2) is 0 Å². The SMILES string of the molecule is O=C([O-])CC(O)(CC(=O)O)C(=O)[O-].[K+]. The molecule has 2 N–H and O–H groups in total. The van der Waals surface area contributed by atoms with Gasteiger partial charge in [-0.15, -0.1) is 0 Å². The average molecular weight is 229 g/mol. The fourth-order valence-corrected chi connectivity index (χ4v) is 0.696. The van der Waals surface area contributed by atoms with Crippen LogP contribution < -0.4 is 61.6 Å². The number of carbonyl (C=O) groups is 3. The second-order valence-electron chi connectivity index (χ2n) is 2.44. The van der Waals surface area contributed by atoms with Gasteiger partial charge in [0, 0.05) is 12.4 Å². The molecule has 0 bridgehead atoms. The van der Waals surface area contributed by atoms with E-state index in [1.54, 1.807) is 0 Å². The molecule has 0 aliphatic carbocycles. The molecular formula is C6H6KO7-. The van der Waals surface area contributed by atoms with E-state index in [1.807, 2.05) is 0 Å². The Labute approximate surface area is 121 Å². The molecule has 0 aliphatic heterocycles. The van der Waals surface area contributed by atoms with Crippen LogP contribution in [0.25, 0.3) is 0 Å². The van der Waals surface area contributed by atoms with E-state index in [0.29, 0.717) is 0 Å². The summed E-state index contributed by atoms with van der Waals surface area (Å²) in [4.78, 5) is 30.2. The fourth-order valence-electron chi connectivity index (χ4n) is 0.696. The quantitative estimate of drug-likeness (QED) is 0.447. The number of aliphatic hydroxyl groups is 1. The minimum absolute atomic E-state index is 0. The molecule has 0 radical (unpaired) electrons. The van der Waals surface area contributed by atoms with Crippen molar-refractivity contribution >= 4 is 17.9 Å². The number of carbonyl (C=O) groups excluding carboxylic acids is 2. The molecule has 14 heavy (non-hydrogen) atoms. The maximum absolute atomic E-state index is 10.2. The zero-order chi connectivity index (χ0) is 10.6. The Morgan fingerprint density at radius 3 is 1.79 bits per heavy atom. The van der Waals surface area contributed by atoms with Crippen LogP contribution in [0.5, 0.6) is 0 Å². The summed E-state index contributed by atoms with van der Waals surface area (Å²) in [5.74, 6) is -5.67. The van der Waals surface area contributed by atoms with Gasteiger partial charge in [0.15, 0.2) is 0 Å². The van der Waals surface area contributed by atoms with E-state index in [4.69, 9.17) is 10.2 Å². The van der Waals surface area contributed by atoms with Crippen LogP contribution in [0.3, 0.4) is 0 Å². The summed E-state index contributed by atoms with van der Waals surface area (Å²) in [6.45, 7) is 0. The molecule has 0 aromatic carbocycles. The van der Waals surface area contributed by atoms with Crippen molar-refractivity contribution in [2.75, 3.05) is 0 Å². The molecule has 8 heteroatoms. The molecular weight excluding hydrogens is 223 g/mol. The molecule has 1 atom stereocenters. The van der Waals surface area contributed by atoms with Crippen LogP contribution in [-0.2, 0) is 14.4 Å². The van der Waals surface area contributed by atoms with Gasteiger partial charge >= 0.3 is 57.4 Å². The van der Waals surface area contributed by atoms with E-state index in [9.17, 15) is 24.6 Å². The van der Waals surface area contributed by atoms with Crippen molar-refractivity contribution in [2.45, 2.75) is 18.4 Å². The van der Waals surface area contributed by atoms with Crippen LogP contribution in [0.2, 0.25) is 0 Å². The standard InChI is InChI=1S/C6H8O7.K/c7-3(8)1-6(13,5(11)12)2-4(9)10;/h13H,1-2H2,(H,7,8)(H,9,10)(H,11,12);/q;+1/p-2. The van der Waals surface area contributed by atoms with Gasteiger partial charge in [-0.05, 0) is 0 Å². The maximum Gasteiger partial charge on any atom is 1.00 e. The monoisotopic (exact) mass is 229 g/mol. The molecule has 0 saturated heterocycles. The van der Waals surface area contributed by atoms with Gasteiger partial charge in [0.05, 0.1) is 12.4 Å². The first kappa shape index (κ1) is 16.4. The van der Waals surface area contributed by atoms with Gasteiger partial charge in [-0.1, -0.05) is 0 Å². The second-order valence-corrected chi connectivity index (χ2v) is 2.44. The third kappa shape index (κ3) is 5.68. The summed E-state index contributed by atoms with van der Waals surface area (Å²) >= 11 is 0. The van der Waals surface area contributed by atoms with Crippen molar-refractivity contribution in [1.29, 1.82) is 0 Å². The molecule has 7 nitrogen and oxygen atoms in total. The molecule has 0 aromatic heterocycles.